The van der Waals surface area contributed by atoms with Gasteiger partial charge in [0.15, 0.2) is 0 Å². The molecule has 1 aliphatic rings. The number of carbonyl (C=O) groups is 3. The normalized spacial score (nSPS) is 19.6. The van der Waals surface area contributed by atoms with Gasteiger partial charge in [-0.15, -0.1) is 11.3 Å². The molecule has 3 N–H and O–H groups in total. The van der Waals surface area contributed by atoms with E-state index in [9.17, 15) is 19.5 Å². The predicted molar refractivity (Wildman–Crippen MR) is 138 cm³/mol. The Morgan fingerprint density at radius 2 is 1.89 bits per heavy atom. The van der Waals surface area contributed by atoms with E-state index in [-0.39, 0.29) is 31.5 Å². The number of aliphatic hydroxyl groups is 1. The first-order chi connectivity index (χ1) is 16.9. The summed E-state index contributed by atoms with van der Waals surface area (Å²) in [5, 5.41) is 16.0. The fourth-order valence-electron chi connectivity index (χ4n) is 4.35. The molecule has 1 fully saturated rings. The number of nitrogens with one attached hydrogen (secondary N) is 2. The number of methoxy groups -OCH3 is 1. The Morgan fingerprint density at radius 1 is 1.22 bits per heavy atom. The van der Waals surface area contributed by atoms with Gasteiger partial charge in [0.1, 0.15) is 18.7 Å². The minimum absolute atomic E-state index is 0.0287. The minimum atomic E-state index is -0.874. The molecule has 2 heterocycles. The van der Waals surface area contributed by atoms with Crippen molar-refractivity contribution in [2.45, 2.75) is 65.3 Å². The number of β-amino-alcohol motifs (C(OH)–C–C–N with tert-alkyl or cyclic N) is 1. The number of hydrogen-bond donors (Lipinski definition) is 3. The second kappa shape index (κ2) is 11.5. The number of hydrogen-bond acceptors (Lipinski definition) is 7. The molecule has 1 aromatic heterocycles. The molecule has 36 heavy (non-hydrogen) atoms. The van der Waals surface area contributed by atoms with Crippen LogP contribution in [0.25, 0.3) is 10.4 Å². The minimum Gasteiger partial charge on any atom is -0.391 e. The van der Waals surface area contributed by atoms with Crippen LogP contribution in [0, 0.1) is 12.3 Å². The second-order valence-electron chi connectivity index (χ2n) is 10.3. The molecule has 1 aromatic carbocycles. The number of nitrogens with zero attached hydrogens (tertiary/aromatic N) is 2. The molecule has 1 aliphatic heterocycles. The first kappa shape index (κ1) is 27.8. The maximum atomic E-state index is 13.5. The number of aliphatic hydroxyl groups excluding tert-OH is 1. The SMILES string of the molecule is COCC(=O)N[C@H](C(=O)N1C[C@H](O)C[C@H]1C(=O)N[C@@H](C)c1ccc(-c2scnc2C)cc1)C(C)(C)C. The Kier molecular flexibility index (Phi) is 8.86. The standard InChI is InChI=1S/C26H36N4O5S/c1-15(17-7-9-18(10-8-17)22-16(2)27-14-36-22)28-24(33)20-11-19(31)12-30(20)25(34)23(26(3,4)5)29-21(32)13-35-6/h7-10,14-15,19-20,23,31H,11-13H2,1-6H3,(H,28,33)(H,29,32)/t15-,19+,20-,23+/m0/s1. The fourth-order valence-corrected chi connectivity index (χ4v) is 5.16. The lowest BCUT2D eigenvalue weighted by Crippen LogP contribution is -2.58. The van der Waals surface area contributed by atoms with Crippen molar-refractivity contribution >= 4 is 29.1 Å². The van der Waals surface area contributed by atoms with Crippen molar-refractivity contribution in [2.24, 2.45) is 5.41 Å². The van der Waals surface area contributed by atoms with Gasteiger partial charge in [-0.05, 0) is 30.4 Å². The number of likely N-dealkylation sites (tertiary alicyclic amines) is 1. The van der Waals surface area contributed by atoms with Crippen LogP contribution in [0.1, 0.15) is 51.4 Å². The maximum absolute atomic E-state index is 13.5. The highest BCUT2D eigenvalue weighted by Crippen LogP contribution is 2.29. The largest absolute Gasteiger partial charge is 0.391 e. The van der Waals surface area contributed by atoms with Crippen molar-refractivity contribution in [3.8, 4) is 10.4 Å². The summed E-state index contributed by atoms with van der Waals surface area (Å²) in [5.74, 6) is -1.16. The van der Waals surface area contributed by atoms with Crippen LogP contribution in [0.3, 0.4) is 0 Å². The van der Waals surface area contributed by atoms with Gasteiger partial charge in [0.05, 0.1) is 28.2 Å². The Hall–Kier alpha value is -2.82. The van der Waals surface area contributed by atoms with Gasteiger partial charge in [-0.3, -0.25) is 14.4 Å². The van der Waals surface area contributed by atoms with Crippen molar-refractivity contribution in [3.63, 3.8) is 0 Å². The first-order valence-electron chi connectivity index (χ1n) is 12.0. The van der Waals surface area contributed by atoms with Crippen molar-refractivity contribution in [3.05, 3.63) is 41.0 Å². The zero-order valence-corrected chi connectivity index (χ0v) is 22.5. The molecule has 3 rings (SSSR count). The maximum Gasteiger partial charge on any atom is 0.246 e. The number of carbonyl (C=O) groups excluding carboxylic acids is 3. The number of ether oxygens (including phenoxy) is 1. The summed E-state index contributed by atoms with van der Waals surface area (Å²) in [5.41, 5.74) is 4.17. The van der Waals surface area contributed by atoms with Gasteiger partial charge in [0, 0.05) is 20.1 Å². The van der Waals surface area contributed by atoms with Crippen LogP contribution < -0.4 is 10.6 Å². The van der Waals surface area contributed by atoms with E-state index >= 15 is 0 Å². The topological polar surface area (TPSA) is 121 Å². The molecule has 9 nitrogen and oxygen atoms in total. The molecule has 3 amide bonds. The van der Waals surface area contributed by atoms with Crippen LogP contribution in [0.5, 0.6) is 0 Å². The van der Waals surface area contributed by atoms with Gasteiger partial charge in [0.25, 0.3) is 0 Å². The van der Waals surface area contributed by atoms with E-state index in [2.05, 4.69) is 15.6 Å². The number of aromatic nitrogens is 1. The molecule has 0 spiro atoms. The van der Waals surface area contributed by atoms with E-state index in [1.54, 1.807) is 11.3 Å². The summed E-state index contributed by atoms with van der Waals surface area (Å²) < 4.78 is 4.88. The molecule has 10 heteroatoms. The Morgan fingerprint density at radius 3 is 2.44 bits per heavy atom. The smallest absolute Gasteiger partial charge is 0.246 e. The molecular formula is C26H36N4O5S. The highest BCUT2D eigenvalue weighted by atomic mass is 32.1. The monoisotopic (exact) mass is 516 g/mol. The molecule has 1 saturated heterocycles. The molecule has 2 aromatic rings. The number of benzene rings is 1. The van der Waals surface area contributed by atoms with Gasteiger partial charge < -0.3 is 25.4 Å². The van der Waals surface area contributed by atoms with Crippen molar-refractivity contribution < 1.29 is 24.2 Å². The molecular weight excluding hydrogens is 480 g/mol. The lowest BCUT2D eigenvalue weighted by molar-refractivity contribution is -0.144. The highest BCUT2D eigenvalue weighted by molar-refractivity contribution is 7.13. The summed E-state index contributed by atoms with van der Waals surface area (Å²) in [4.78, 5) is 45.7. The van der Waals surface area contributed by atoms with E-state index in [0.717, 1.165) is 21.7 Å². The van der Waals surface area contributed by atoms with Crippen LogP contribution in [0.4, 0.5) is 0 Å². The molecule has 4 atom stereocenters. The van der Waals surface area contributed by atoms with Gasteiger partial charge >= 0.3 is 0 Å². The van der Waals surface area contributed by atoms with Gasteiger partial charge in [-0.25, -0.2) is 4.98 Å². The summed E-state index contributed by atoms with van der Waals surface area (Å²) >= 11 is 1.58. The molecule has 196 valence electrons. The third-order valence-corrected chi connectivity index (χ3v) is 7.31. The second-order valence-corrected chi connectivity index (χ2v) is 11.2. The number of aryl methyl sites for hydroxylation is 1. The Bertz CT molecular complexity index is 1080. The first-order valence-corrected chi connectivity index (χ1v) is 12.9. The zero-order valence-electron chi connectivity index (χ0n) is 21.7. The number of thiazole rings is 1. The van der Waals surface area contributed by atoms with Crippen LogP contribution in [-0.4, -0.2) is 71.2 Å². The summed E-state index contributed by atoms with van der Waals surface area (Å²) in [6.45, 7) is 9.22. The summed E-state index contributed by atoms with van der Waals surface area (Å²) in [7, 11) is 1.40. The molecule has 0 radical (unpaired) electrons. The number of amides is 3. The lowest BCUT2D eigenvalue weighted by atomic mass is 9.85. The van der Waals surface area contributed by atoms with Crippen molar-refractivity contribution in [2.75, 3.05) is 20.3 Å². The zero-order chi connectivity index (χ0) is 26.6. The third-order valence-electron chi connectivity index (χ3n) is 6.34. The van der Waals surface area contributed by atoms with Gasteiger partial charge in [-0.1, -0.05) is 45.0 Å². The van der Waals surface area contributed by atoms with E-state index < -0.39 is 35.4 Å². The summed E-state index contributed by atoms with van der Waals surface area (Å²) in [6, 6.07) is 5.93. The lowest BCUT2D eigenvalue weighted by Gasteiger charge is -2.35. The van der Waals surface area contributed by atoms with Crippen LogP contribution in [0.2, 0.25) is 0 Å². The van der Waals surface area contributed by atoms with Crippen LogP contribution in [-0.2, 0) is 19.1 Å². The molecule has 0 unspecified atom stereocenters. The highest BCUT2D eigenvalue weighted by Gasteiger charge is 2.44. The van der Waals surface area contributed by atoms with Crippen LogP contribution in [0.15, 0.2) is 29.8 Å². The van der Waals surface area contributed by atoms with Crippen LogP contribution >= 0.6 is 11.3 Å². The third kappa shape index (κ3) is 6.48. The molecule has 0 bridgehead atoms. The average Bonchev–Trinajstić information content (AvgIpc) is 3.42. The quantitative estimate of drug-likeness (QED) is 0.496. The predicted octanol–water partition coefficient (Wildman–Crippen LogP) is 2.43. The van der Waals surface area contributed by atoms with E-state index in [1.807, 2.05) is 64.4 Å². The van der Waals surface area contributed by atoms with Gasteiger partial charge in [0.2, 0.25) is 17.7 Å². The van der Waals surface area contributed by atoms with Crippen molar-refractivity contribution in [1.82, 2.24) is 20.5 Å². The van der Waals surface area contributed by atoms with E-state index in [1.165, 1.54) is 12.0 Å². The van der Waals surface area contributed by atoms with Gasteiger partial charge in [-0.2, -0.15) is 0 Å². The average molecular weight is 517 g/mol. The molecule has 0 aliphatic carbocycles. The summed E-state index contributed by atoms with van der Waals surface area (Å²) in [6.07, 6.45) is -0.686. The van der Waals surface area contributed by atoms with Crippen molar-refractivity contribution in [1.29, 1.82) is 0 Å². The molecule has 0 saturated carbocycles. The number of rotatable bonds is 8. The fraction of sp³-hybridized carbons (Fsp3) is 0.538. The Balaban J connectivity index is 1.72. The van der Waals surface area contributed by atoms with E-state index in [4.69, 9.17) is 4.74 Å². The van der Waals surface area contributed by atoms with E-state index in [0.29, 0.717) is 0 Å². The Labute approximate surface area is 216 Å².